The molecule has 1 fully saturated rings. The lowest BCUT2D eigenvalue weighted by atomic mass is 9.99. The number of benzene rings is 2. The average Bonchev–Trinajstić information content (AvgIpc) is 2.74. The monoisotopic (exact) mass is 422 g/mol. The van der Waals surface area contributed by atoms with Crippen molar-refractivity contribution in [2.75, 3.05) is 13.7 Å². The van der Waals surface area contributed by atoms with Gasteiger partial charge in [-0.2, -0.15) is 0 Å². The summed E-state index contributed by atoms with van der Waals surface area (Å²) in [6, 6.07) is 9.45. The summed E-state index contributed by atoms with van der Waals surface area (Å²) in [5.74, 6) is -0.586. The van der Waals surface area contributed by atoms with E-state index in [0.717, 1.165) is 0 Å². The Kier molecular flexibility index (Phi) is 6.63. The third kappa shape index (κ3) is 4.74. The van der Waals surface area contributed by atoms with Crippen molar-refractivity contribution in [1.82, 2.24) is 0 Å². The van der Waals surface area contributed by atoms with E-state index in [1.54, 1.807) is 0 Å². The fraction of sp³-hybridized carbons (Fsp3) is 0.350. The number of ether oxygens (including phenoxy) is 4. The number of rotatable bonds is 6. The number of esters is 1. The Hall–Kier alpha value is -3.05. The van der Waals surface area contributed by atoms with E-state index in [9.17, 15) is 30.3 Å². The topological polar surface area (TPSA) is 155 Å². The van der Waals surface area contributed by atoms with Crippen molar-refractivity contribution in [1.29, 1.82) is 0 Å². The molecule has 30 heavy (non-hydrogen) atoms. The van der Waals surface area contributed by atoms with E-state index in [-0.39, 0.29) is 28.6 Å². The van der Waals surface area contributed by atoms with Crippen molar-refractivity contribution in [3.05, 3.63) is 48.0 Å². The Morgan fingerprint density at radius 2 is 1.70 bits per heavy atom. The molecule has 0 saturated carbocycles. The molecule has 2 aromatic carbocycles. The number of aliphatic hydroxyl groups excluding tert-OH is 3. The fourth-order valence-corrected chi connectivity index (χ4v) is 2.86. The maximum atomic E-state index is 12.3. The molecule has 10 heteroatoms. The molecular weight excluding hydrogens is 400 g/mol. The summed E-state index contributed by atoms with van der Waals surface area (Å²) < 4.78 is 21.0. The fourth-order valence-electron chi connectivity index (χ4n) is 2.86. The number of carbonyl (C=O) groups excluding carboxylic acids is 1. The van der Waals surface area contributed by atoms with Gasteiger partial charge in [0.1, 0.15) is 42.5 Å². The van der Waals surface area contributed by atoms with Crippen LogP contribution in [0.5, 0.6) is 23.0 Å². The van der Waals surface area contributed by atoms with Gasteiger partial charge in [0.25, 0.3) is 0 Å². The Morgan fingerprint density at radius 1 is 1.00 bits per heavy atom. The first kappa shape index (κ1) is 21.7. The molecule has 0 bridgehead atoms. The molecule has 5 atom stereocenters. The van der Waals surface area contributed by atoms with E-state index in [1.165, 1.54) is 49.6 Å². The second-order valence-corrected chi connectivity index (χ2v) is 6.61. The van der Waals surface area contributed by atoms with Crippen molar-refractivity contribution < 1.29 is 49.3 Å². The molecule has 162 valence electrons. The molecule has 1 heterocycles. The Balaban J connectivity index is 1.65. The Bertz CT molecular complexity index is 868. The lowest BCUT2D eigenvalue weighted by Gasteiger charge is -2.39. The number of phenolic OH excluding ortho intramolecular Hbond substituents is 2. The predicted molar refractivity (Wildman–Crippen MR) is 100 cm³/mol. The first-order chi connectivity index (χ1) is 14.3. The SMILES string of the molecule is COc1cc(C(=O)OCC2OC(Oc3ccc(O)cc3)C(O)C(O)C2O)ccc1O. The van der Waals surface area contributed by atoms with Crippen molar-refractivity contribution >= 4 is 5.97 Å². The number of aromatic hydroxyl groups is 2. The first-order valence-electron chi connectivity index (χ1n) is 8.99. The third-order valence-electron chi connectivity index (χ3n) is 4.55. The van der Waals surface area contributed by atoms with Crippen LogP contribution >= 0.6 is 0 Å². The van der Waals surface area contributed by atoms with Gasteiger partial charge in [-0.25, -0.2) is 4.79 Å². The van der Waals surface area contributed by atoms with Crippen LogP contribution in [0.2, 0.25) is 0 Å². The van der Waals surface area contributed by atoms with Crippen LogP contribution in [0, 0.1) is 0 Å². The maximum Gasteiger partial charge on any atom is 0.338 e. The molecule has 1 saturated heterocycles. The first-order valence-corrected chi connectivity index (χ1v) is 8.99. The van der Waals surface area contributed by atoms with Gasteiger partial charge in [-0.15, -0.1) is 0 Å². The standard InChI is InChI=1S/C20H22O10/c1-27-14-8-10(2-7-13(14)22)19(26)28-9-15-16(23)17(24)18(25)20(30-15)29-12-5-3-11(21)4-6-12/h2-8,15-18,20-25H,9H2,1H3. The highest BCUT2D eigenvalue weighted by Crippen LogP contribution is 2.28. The predicted octanol–water partition coefficient (Wildman–Crippen LogP) is 0.150. The molecule has 10 nitrogen and oxygen atoms in total. The van der Waals surface area contributed by atoms with Crippen molar-refractivity contribution in [2.24, 2.45) is 0 Å². The molecule has 0 spiro atoms. The van der Waals surface area contributed by atoms with E-state index < -0.39 is 43.3 Å². The van der Waals surface area contributed by atoms with E-state index in [2.05, 4.69) is 0 Å². The molecule has 1 aliphatic heterocycles. The Labute approximate surface area is 171 Å². The second kappa shape index (κ2) is 9.18. The van der Waals surface area contributed by atoms with E-state index in [1.807, 2.05) is 0 Å². The van der Waals surface area contributed by atoms with Crippen LogP contribution in [0.3, 0.4) is 0 Å². The number of hydrogen-bond acceptors (Lipinski definition) is 10. The van der Waals surface area contributed by atoms with Crippen LogP contribution in [0.1, 0.15) is 10.4 Å². The normalized spacial score (nSPS) is 26.1. The van der Waals surface area contributed by atoms with Crippen molar-refractivity contribution in [3.63, 3.8) is 0 Å². The molecule has 0 aliphatic carbocycles. The largest absolute Gasteiger partial charge is 0.508 e. The molecule has 0 aromatic heterocycles. The zero-order chi connectivity index (χ0) is 21.8. The highest BCUT2D eigenvalue weighted by atomic mass is 16.7. The molecule has 5 N–H and O–H groups in total. The average molecular weight is 422 g/mol. The van der Waals surface area contributed by atoms with E-state index in [4.69, 9.17) is 18.9 Å². The summed E-state index contributed by atoms with van der Waals surface area (Å²) in [7, 11) is 1.33. The van der Waals surface area contributed by atoms with Crippen LogP contribution in [-0.4, -0.2) is 75.9 Å². The van der Waals surface area contributed by atoms with Gasteiger partial charge in [0.2, 0.25) is 6.29 Å². The summed E-state index contributed by atoms with van der Waals surface area (Å²) >= 11 is 0. The van der Waals surface area contributed by atoms with E-state index >= 15 is 0 Å². The number of carbonyl (C=O) groups is 1. The summed E-state index contributed by atoms with van der Waals surface area (Å²) in [4.78, 5) is 12.3. The minimum Gasteiger partial charge on any atom is -0.508 e. The highest BCUT2D eigenvalue weighted by molar-refractivity contribution is 5.90. The van der Waals surface area contributed by atoms with Gasteiger partial charge in [-0.3, -0.25) is 0 Å². The van der Waals surface area contributed by atoms with Gasteiger partial charge in [-0.1, -0.05) is 0 Å². The van der Waals surface area contributed by atoms with Crippen LogP contribution in [0.25, 0.3) is 0 Å². The molecule has 2 aromatic rings. The summed E-state index contributed by atoms with van der Waals surface area (Å²) in [5, 5.41) is 49.3. The highest BCUT2D eigenvalue weighted by Gasteiger charge is 2.45. The van der Waals surface area contributed by atoms with Crippen LogP contribution in [0.15, 0.2) is 42.5 Å². The zero-order valence-corrected chi connectivity index (χ0v) is 15.9. The smallest absolute Gasteiger partial charge is 0.338 e. The van der Waals surface area contributed by atoms with E-state index in [0.29, 0.717) is 0 Å². The number of methoxy groups -OCH3 is 1. The molecular formula is C20H22O10. The number of phenols is 2. The summed E-state index contributed by atoms with van der Waals surface area (Å²) in [5.41, 5.74) is 0.0902. The van der Waals surface area contributed by atoms with Crippen molar-refractivity contribution in [3.8, 4) is 23.0 Å². The number of hydrogen-bond donors (Lipinski definition) is 5. The van der Waals surface area contributed by atoms with Gasteiger partial charge < -0.3 is 44.5 Å². The van der Waals surface area contributed by atoms with Gasteiger partial charge in [0.05, 0.1) is 12.7 Å². The summed E-state index contributed by atoms with van der Waals surface area (Å²) in [6.07, 6.45) is -7.26. The zero-order valence-electron chi connectivity index (χ0n) is 15.9. The lowest BCUT2D eigenvalue weighted by Crippen LogP contribution is -2.60. The van der Waals surface area contributed by atoms with Gasteiger partial charge in [-0.05, 0) is 42.5 Å². The maximum absolute atomic E-state index is 12.3. The lowest BCUT2D eigenvalue weighted by molar-refractivity contribution is -0.277. The quantitative estimate of drug-likeness (QED) is 0.406. The van der Waals surface area contributed by atoms with Gasteiger partial charge in [0, 0.05) is 0 Å². The summed E-state index contributed by atoms with van der Waals surface area (Å²) in [6.45, 7) is -0.442. The van der Waals surface area contributed by atoms with Crippen LogP contribution < -0.4 is 9.47 Å². The third-order valence-corrected chi connectivity index (χ3v) is 4.55. The van der Waals surface area contributed by atoms with Gasteiger partial charge in [0.15, 0.2) is 11.5 Å². The van der Waals surface area contributed by atoms with Crippen molar-refractivity contribution in [2.45, 2.75) is 30.7 Å². The number of aliphatic hydroxyl groups is 3. The van der Waals surface area contributed by atoms with Crippen LogP contribution in [0.4, 0.5) is 0 Å². The van der Waals surface area contributed by atoms with Crippen LogP contribution in [-0.2, 0) is 9.47 Å². The molecule has 0 amide bonds. The second-order valence-electron chi connectivity index (χ2n) is 6.61. The minimum absolute atomic E-state index is 0.0126. The molecule has 3 rings (SSSR count). The molecule has 1 aliphatic rings. The minimum atomic E-state index is -1.61. The molecule has 0 radical (unpaired) electrons. The van der Waals surface area contributed by atoms with Gasteiger partial charge >= 0.3 is 5.97 Å². The molecule has 5 unspecified atom stereocenters. The Morgan fingerprint density at radius 3 is 2.37 bits per heavy atom.